The summed E-state index contributed by atoms with van der Waals surface area (Å²) in [5, 5.41) is 3.63. The average Bonchev–Trinajstić information content (AvgIpc) is 2.31. The number of aromatic nitrogens is 3. The van der Waals surface area contributed by atoms with Gasteiger partial charge in [0.15, 0.2) is 0 Å². The Morgan fingerprint density at radius 2 is 2.08 bits per heavy atom. The second-order valence-electron chi connectivity index (χ2n) is 2.41. The number of nitrogens with zero attached hydrogens (tertiary/aromatic N) is 3. The number of aryl methyl sites for hydroxylation is 1. The molecule has 1 rings (SSSR count). The summed E-state index contributed by atoms with van der Waals surface area (Å²) < 4.78 is 37.0. The fourth-order valence-electron chi connectivity index (χ4n) is 0.917. The topological polar surface area (TPSA) is 30.7 Å². The van der Waals surface area contributed by atoms with Crippen LogP contribution in [0.1, 0.15) is 12.7 Å². The van der Waals surface area contributed by atoms with Crippen LogP contribution in [0.25, 0.3) is 0 Å². The summed E-state index contributed by atoms with van der Waals surface area (Å²) in [5.41, 5.74) is 0. The molecule has 1 aromatic heterocycles. The second-order valence-corrected chi connectivity index (χ2v) is 2.41. The molecule has 0 aliphatic rings. The first-order chi connectivity index (χ1) is 5.53. The summed E-state index contributed by atoms with van der Waals surface area (Å²) in [4.78, 5) is 3.52. The summed E-state index contributed by atoms with van der Waals surface area (Å²) >= 11 is 0. The first-order valence-corrected chi connectivity index (χ1v) is 3.60. The van der Waals surface area contributed by atoms with Gasteiger partial charge in [-0.1, -0.05) is 0 Å². The number of hydrogen-bond acceptors (Lipinski definition) is 2. The van der Waals surface area contributed by atoms with Crippen LogP contribution in [0.2, 0.25) is 0 Å². The van der Waals surface area contributed by atoms with Gasteiger partial charge in [-0.15, -0.1) is 0 Å². The molecule has 68 valence electrons. The number of halogens is 3. The smallest absolute Gasteiger partial charge is 0.449 e. The van der Waals surface area contributed by atoms with Crippen molar-refractivity contribution >= 4 is 6.98 Å². The first kappa shape index (κ1) is 13.6. The van der Waals surface area contributed by atoms with Gasteiger partial charge in [0.2, 0.25) is 0 Å². The minimum absolute atomic E-state index is 0. The molecule has 8 heteroatoms. The monoisotopic (exact) mass is 217 g/mol. The zero-order valence-corrected chi connectivity index (χ0v) is 10.7. The van der Waals surface area contributed by atoms with E-state index in [0.717, 1.165) is 6.33 Å². The average molecular weight is 217 g/mol. The van der Waals surface area contributed by atoms with Gasteiger partial charge in [-0.05, 0) is 13.2 Å². The van der Waals surface area contributed by atoms with Crippen LogP contribution in [0.5, 0.6) is 0 Å². The van der Waals surface area contributed by atoms with Gasteiger partial charge in [-0.25, -0.2) is 4.98 Å². The SMILES string of the molecule is CCn1ncnc1C[B-](F)(F)F.[K+]. The molecule has 0 fully saturated rings. The molecule has 0 spiro atoms. The van der Waals surface area contributed by atoms with Gasteiger partial charge in [0.25, 0.3) is 0 Å². The Balaban J connectivity index is 0.00000144. The van der Waals surface area contributed by atoms with Crippen molar-refractivity contribution in [2.75, 3.05) is 0 Å². The summed E-state index contributed by atoms with van der Waals surface area (Å²) in [6, 6.07) is 0. The van der Waals surface area contributed by atoms with Gasteiger partial charge in [0, 0.05) is 6.54 Å². The van der Waals surface area contributed by atoms with E-state index in [1.807, 2.05) is 0 Å². The van der Waals surface area contributed by atoms with Crippen molar-refractivity contribution in [1.82, 2.24) is 14.8 Å². The maximum absolute atomic E-state index is 11.9. The normalized spacial score (nSPS) is 11.1. The fraction of sp³-hybridized carbons (Fsp3) is 0.600. The maximum atomic E-state index is 11.9. The van der Waals surface area contributed by atoms with Gasteiger partial charge >= 0.3 is 58.4 Å². The van der Waals surface area contributed by atoms with Gasteiger partial charge in [0.1, 0.15) is 12.2 Å². The molecule has 0 aromatic carbocycles. The zero-order valence-electron chi connectivity index (χ0n) is 7.54. The van der Waals surface area contributed by atoms with E-state index in [1.54, 1.807) is 6.92 Å². The Bertz CT molecular complexity index is 262. The zero-order chi connectivity index (χ0) is 9.19. The van der Waals surface area contributed by atoms with Gasteiger partial charge < -0.3 is 12.9 Å². The van der Waals surface area contributed by atoms with Crippen molar-refractivity contribution in [2.45, 2.75) is 19.8 Å². The standard InChI is InChI=1S/C5H8BF3N3.K/c1-2-12-5(10-4-11-12)3-6(7,8)9;/h4H,2-3H2,1H3;/q-1;+1. The van der Waals surface area contributed by atoms with Crippen molar-refractivity contribution in [3.8, 4) is 0 Å². The molecule has 0 aliphatic carbocycles. The number of hydrogen-bond donors (Lipinski definition) is 0. The van der Waals surface area contributed by atoms with Crippen LogP contribution in [-0.2, 0) is 12.9 Å². The first-order valence-electron chi connectivity index (χ1n) is 3.60. The molecule has 13 heavy (non-hydrogen) atoms. The van der Waals surface area contributed by atoms with Gasteiger partial charge in [-0.3, -0.25) is 4.68 Å². The molecule has 0 aliphatic heterocycles. The van der Waals surface area contributed by atoms with Crippen LogP contribution in [0.3, 0.4) is 0 Å². The molecule has 3 nitrogen and oxygen atoms in total. The largest absolute Gasteiger partial charge is 1.00 e. The van der Waals surface area contributed by atoms with Crippen molar-refractivity contribution in [3.05, 3.63) is 12.2 Å². The predicted molar refractivity (Wildman–Crippen MR) is 38.5 cm³/mol. The molecular weight excluding hydrogens is 209 g/mol. The van der Waals surface area contributed by atoms with Crippen molar-refractivity contribution in [1.29, 1.82) is 0 Å². The van der Waals surface area contributed by atoms with E-state index in [0.29, 0.717) is 6.54 Å². The van der Waals surface area contributed by atoms with E-state index in [9.17, 15) is 12.9 Å². The Labute approximate surface area is 117 Å². The minimum atomic E-state index is -4.80. The molecular formula is C5H8BF3KN3. The number of rotatable bonds is 3. The Morgan fingerprint density at radius 3 is 2.54 bits per heavy atom. The van der Waals surface area contributed by atoms with Gasteiger partial charge in [-0.2, -0.15) is 5.10 Å². The quantitative estimate of drug-likeness (QED) is 0.561. The molecule has 0 bridgehead atoms. The van der Waals surface area contributed by atoms with E-state index in [2.05, 4.69) is 10.1 Å². The Morgan fingerprint density at radius 1 is 1.46 bits per heavy atom. The minimum Gasteiger partial charge on any atom is -0.449 e. The molecule has 0 radical (unpaired) electrons. The summed E-state index contributed by atoms with van der Waals surface area (Å²) in [5.74, 6) is -0.00926. The van der Waals surface area contributed by atoms with Crippen molar-refractivity contribution in [3.63, 3.8) is 0 Å². The van der Waals surface area contributed by atoms with E-state index >= 15 is 0 Å². The molecule has 0 amide bonds. The fourth-order valence-corrected chi connectivity index (χ4v) is 0.917. The van der Waals surface area contributed by atoms with E-state index in [4.69, 9.17) is 0 Å². The van der Waals surface area contributed by atoms with E-state index in [-0.39, 0.29) is 57.2 Å². The van der Waals surface area contributed by atoms with E-state index < -0.39 is 13.3 Å². The molecule has 1 aromatic rings. The third-order valence-corrected chi connectivity index (χ3v) is 1.41. The maximum Gasteiger partial charge on any atom is 1.00 e. The summed E-state index contributed by atoms with van der Waals surface area (Å²) in [7, 11) is 0. The molecule has 1 heterocycles. The van der Waals surface area contributed by atoms with E-state index in [1.165, 1.54) is 4.68 Å². The van der Waals surface area contributed by atoms with Crippen LogP contribution in [0, 0.1) is 0 Å². The predicted octanol–water partition coefficient (Wildman–Crippen LogP) is -1.77. The third kappa shape index (κ3) is 4.59. The van der Waals surface area contributed by atoms with Crippen molar-refractivity contribution in [2.24, 2.45) is 0 Å². The summed E-state index contributed by atoms with van der Waals surface area (Å²) in [6.45, 7) is -2.66. The van der Waals surface area contributed by atoms with Crippen LogP contribution in [0.15, 0.2) is 6.33 Å². The Kier molecular flexibility index (Phi) is 5.76. The second kappa shape index (κ2) is 5.50. The molecule has 0 atom stereocenters. The summed E-state index contributed by atoms with van der Waals surface area (Å²) in [6.07, 6.45) is 0.189. The molecule has 0 unspecified atom stereocenters. The Hall–Kier alpha value is 0.631. The molecule has 0 saturated heterocycles. The van der Waals surface area contributed by atoms with Crippen LogP contribution in [-0.4, -0.2) is 21.7 Å². The van der Waals surface area contributed by atoms with Crippen LogP contribution >= 0.6 is 0 Å². The third-order valence-electron chi connectivity index (χ3n) is 1.41. The van der Waals surface area contributed by atoms with Gasteiger partial charge in [0.05, 0.1) is 0 Å². The molecule has 0 N–H and O–H groups in total. The molecule has 0 saturated carbocycles. The van der Waals surface area contributed by atoms with Crippen molar-refractivity contribution < 1.29 is 64.3 Å². The van der Waals surface area contributed by atoms with Crippen LogP contribution in [0.4, 0.5) is 12.9 Å². The van der Waals surface area contributed by atoms with Crippen LogP contribution < -0.4 is 51.4 Å².